The second-order valence-corrected chi connectivity index (χ2v) is 4.82. The Kier molecular flexibility index (Phi) is 2.19. The number of ether oxygens (including phenoxy) is 1. The third kappa shape index (κ3) is 1.50. The normalized spacial score (nSPS) is 19.9. The Morgan fingerprint density at radius 3 is 3.19 bits per heavy atom. The van der Waals surface area contributed by atoms with Crippen molar-refractivity contribution in [3.63, 3.8) is 0 Å². The van der Waals surface area contributed by atoms with Crippen LogP contribution in [0.15, 0.2) is 12.4 Å². The molecule has 0 unspecified atom stereocenters. The van der Waals surface area contributed by atoms with E-state index in [9.17, 15) is 4.79 Å². The largest absolute Gasteiger partial charge is 0.477 e. The minimum Gasteiger partial charge on any atom is -0.477 e. The summed E-state index contributed by atoms with van der Waals surface area (Å²) in [6, 6.07) is 1.61. The SMILES string of the molecule is O=C(O)c1cc2ncn(C[C@@H]3CCO3)c2s1. The summed E-state index contributed by atoms with van der Waals surface area (Å²) >= 11 is 1.26. The molecule has 0 spiro atoms. The molecule has 0 saturated carbocycles. The Morgan fingerprint density at radius 1 is 1.75 bits per heavy atom. The van der Waals surface area contributed by atoms with Crippen LogP contribution < -0.4 is 0 Å². The first-order valence-corrected chi connectivity index (χ1v) is 5.85. The van der Waals surface area contributed by atoms with Gasteiger partial charge in [-0.15, -0.1) is 11.3 Å². The lowest BCUT2D eigenvalue weighted by atomic mass is 10.2. The molecule has 1 fully saturated rings. The fourth-order valence-electron chi connectivity index (χ4n) is 1.74. The van der Waals surface area contributed by atoms with Crippen molar-refractivity contribution in [2.45, 2.75) is 19.1 Å². The number of fused-ring (bicyclic) bond motifs is 1. The quantitative estimate of drug-likeness (QED) is 0.881. The molecule has 3 rings (SSSR count). The van der Waals surface area contributed by atoms with Gasteiger partial charge in [0, 0.05) is 6.61 Å². The molecule has 1 aliphatic heterocycles. The molecule has 6 heteroatoms. The van der Waals surface area contributed by atoms with Crippen molar-refractivity contribution in [3.05, 3.63) is 17.3 Å². The van der Waals surface area contributed by atoms with E-state index in [-0.39, 0.29) is 6.10 Å². The second kappa shape index (κ2) is 3.57. The zero-order valence-electron chi connectivity index (χ0n) is 8.42. The molecular formula is C10H10N2O3S. The van der Waals surface area contributed by atoms with Crippen LogP contribution in [0.4, 0.5) is 0 Å². The average molecular weight is 238 g/mol. The minimum atomic E-state index is -0.894. The standard InChI is InChI=1S/C10H10N2O3S/c13-10(14)8-3-7-9(16-8)12(5-11-7)4-6-1-2-15-6/h3,5-6H,1-2,4H2,(H,13,14)/t6-/m0/s1. The van der Waals surface area contributed by atoms with Crippen LogP contribution in [0.5, 0.6) is 0 Å². The van der Waals surface area contributed by atoms with Gasteiger partial charge in [0.25, 0.3) is 0 Å². The van der Waals surface area contributed by atoms with Crippen molar-refractivity contribution in [2.75, 3.05) is 6.61 Å². The highest BCUT2D eigenvalue weighted by Gasteiger charge is 2.20. The van der Waals surface area contributed by atoms with E-state index in [1.807, 2.05) is 4.57 Å². The molecule has 3 heterocycles. The van der Waals surface area contributed by atoms with Crippen LogP contribution in [0.1, 0.15) is 16.1 Å². The van der Waals surface area contributed by atoms with Crippen molar-refractivity contribution in [3.8, 4) is 0 Å². The summed E-state index contributed by atoms with van der Waals surface area (Å²) < 4.78 is 7.32. The van der Waals surface area contributed by atoms with Gasteiger partial charge in [-0.2, -0.15) is 0 Å². The van der Waals surface area contributed by atoms with E-state index in [1.165, 1.54) is 11.3 Å². The van der Waals surface area contributed by atoms with Gasteiger partial charge in [0.15, 0.2) is 0 Å². The zero-order chi connectivity index (χ0) is 11.1. The van der Waals surface area contributed by atoms with E-state index in [0.717, 1.165) is 29.9 Å². The topological polar surface area (TPSA) is 64.3 Å². The highest BCUT2D eigenvalue weighted by atomic mass is 32.1. The molecule has 0 aliphatic carbocycles. The summed E-state index contributed by atoms with van der Waals surface area (Å²) in [5, 5.41) is 8.88. The van der Waals surface area contributed by atoms with Crippen LogP contribution in [0.3, 0.4) is 0 Å². The Labute approximate surface area is 95.3 Å². The van der Waals surface area contributed by atoms with E-state index < -0.39 is 5.97 Å². The van der Waals surface area contributed by atoms with Crippen LogP contribution in [-0.4, -0.2) is 33.3 Å². The Balaban J connectivity index is 1.94. The fraction of sp³-hybridized carbons (Fsp3) is 0.400. The van der Waals surface area contributed by atoms with Gasteiger partial charge in [0.05, 0.1) is 19.0 Å². The lowest BCUT2D eigenvalue weighted by molar-refractivity contribution is -0.0586. The maximum absolute atomic E-state index is 10.8. The van der Waals surface area contributed by atoms with Gasteiger partial charge in [-0.05, 0) is 12.5 Å². The monoisotopic (exact) mass is 238 g/mol. The molecule has 5 nitrogen and oxygen atoms in total. The van der Waals surface area contributed by atoms with Gasteiger partial charge in [-0.25, -0.2) is 9.78 Å². The first-order valence-electron chi connectivity index (χ1n) is 5.03. The van der Waals surface area contributed by atoms with E-state index in [2.05, 4.69) is 4.98 Å². The smallest absolute Gasteiger partial charge is 0.346 e. The Hall–Kier alpha value is -1.40. The molecule has 2 aromatic rings. The molecule has 1 saturated heterocycles. The molecule has 0 aromatic carbocycles. The summed E-state index contributed by atoms with van der Waals surface area (Å²) in [6.07, 6.45) is 3.07. The van der Waals surface area contributed by atoms with Crippen molar-refractivity contribution in [1.82, 2.24) is 9.55 Å². The number of aromatic nitrogens is 2. The van der Waals surface area contributed by atoms with E-state index in [4.69, 9.17) is 9.84 Å². The molecule has 0 radical (unpaired) electrons. The molecule has 0 bridgehead atoms. The summed E-state index contributed by atoms with van der Waals surface area (Å²) in [5.41, 5.74) is 0.752. The number of carboxylic acid groups (broad SMARTS) is 1. The molecular weight excluding hydrogens is 228 g/mol. The van der Waals surface area contributed by atoms with Gasteiger partial charge < -0.3 is 14.4 Å². The molecule has 0 amide bonds. The molecule has 16 heavy (non-hydrogen) atoms. The third-order valence-corrected chi connectivity index (χ3v) is 3.84. The van der Waals surface area contributed by atoms with Gasteiger partial charge in [-0.3, -0.25) is 0 Å². The summed E-state index contributed by atoms with van der Waals surface area (Å²) in [7, 11) is 0. The predicted octanol–water partition coefficient (Wildman–Crippen LogP) is 1.58. The number of carbonyl (C=O) groups is 1. The molecule has 1 atom stereocenters. The lowest BCUT2D eigenvalue weighted by Crippen LogP contribution is -2.30. The fourth-order valence-corrected chi connectivity index (χ4v) is 2.66. The number of thiophene rings is 1. The van der Waals surface area contributed by atoms with E-state index in [0.29, 0.717) is 4.88 Å². The highest BCUT2D eigenvalue weighted by molar-refractivity contribution is 7.20. The first kappa shape index (κ1) is 9.80. The highest BCUT2D eigenvalue weighted by Crippen LogP contribution is 2.26. The number of hydrogen-bond donors (Lipinski definition) is 1. The van der Waals surface area contributed by atoms with Gasteiger partial charge in [0.2, 0.25) is 0 Å². The second-order valence-electron chi connectivity index (χ2n) is 3.78. The van der Waals surface area contributed by atoms with E-state index in [1.54, 1.807) is 12.4 Å². The number of aromatic carboxylic acids is 1. The van der Waals surface area contributed by atoms with Crippen LogP contribution >= 0.6 is 11.3 Å². The van der Waals surface area contributed by atoms with Crippen LogP contribution in [0.2, 0.25) is 0 Å². The predicted molar refractivity (Wildman–Crippen MR) is 58.9 cm³/mol. The van der Waals surface area contributed by atoms with Gasteiger partial charge in [-0.1, -0.05) is 0 Å². The van der Waals surface area contributed by atoms with Crippen LogP contribution in [0.25, 0.3) is 10.3 Å². The van der Waals surface area contributed by atoms with E-state index >= 15 is 0 Å². The first-order chi connectivity index (χ1) is 7.74. The molecule has 1 aliphatic rings. The molecule has 2 aromatic heterocycles. The van der Waals surface area contributed by atoms with Crippen molar-refractivity contribution >= 4 is 27.7 Å². The van der Waals surface area contributed by atoms with Gasteiger partial charge in [0.1, 0.15) is 15.2 Å². The summed E-state index contributed by atoms with van der Waals surface area (Å²) in [4.78, 5) is 16.3. The van der Waals surface area contributed by atoms with Crippen molar-refractivity contribution < 1.29 is 14.6 Å². The zero-order valence-corrected chi connectivity index (χ0v) is 9.24. The van der Waals surface area contributed by atoms with Crippen LogP contribution in [-0.2, 0) is 11.3 Å². The summed E-state index contributed by atoms with van der Waals surface area (Å²) in [6.45, 7) is 1.59. The number of carboxylic acids is 1. The van der Waals surface area contributed by atoms with Crippen molar-refractivity contribution in [2.24, 2.45) is 0 Å². The maximum atomic E-state index is 10.8. The molecule has 84 valence electrons. The number of hydrogen-bond acceptors (Lipinski definition) is 4. The number of imidazole rings is 1. The Bertz CT molecular complexity index is 541. The summed E-state index contributed by atoms with van der Waals surface area (Å²) in [5.74, 6) is -0.894. The number of nitrogens with zero attached hydrogens (tertiary/aromatic N) is 2. The van der Waals surface area contributed by atoms with Gasteiger partial charge >= 0.3 is 5.97 Å². The third-order valence-electron chi connectivity index (χ3n) is 2.70. The number of rotatable bonds is 3. The minimum absolute atomic E-state index is 0.257. The molecule has 1 N–H and O–H groups in total. The maximum Gasteiger partial charge on any atom is 0.346 e. The van der Waals surface area contributed by atoms with Crippen molar-refractivity contribution in [1.29, 1.82) is 0 Å². The average Bonchev–Trinajstić information content (AvgIpc) is 2.70. The Morgan fingerprint density at radius 2 is 2.56 bits per heavy atom. The van der Waals surface area contributed by atoms with Crippen LogP contribution in [0, 0.1) is 0 Å². The lowest BCUT2D eigenvalue weighted by Gasteiger charge is -2.26.